The van der Waals surface area contributed by atoms with Crippen molar-refractivity contribution < 1.29 is 9.59 Å². The van der Waals surface area contributed by atoms with Crippen LogP contribution in [0.4, 0.5) is 4.79 Å². The first kappa shape index (κ1) is 14.5. The molecule has 5 N–H and O–H groups in total. The summed E-state index contributed by atoms with van der Waals surface area (Å²) in [5.74, 6) is 4.52. The summed E-state index contributed by atoms with van der Waals surface area (Å²) in [5, 5.41) is 4.85. The summed E-state index contributed by atoms with van der Waals surface area (Å²) in [7, 11) is 0. The minimum absolute atomic E-state index is 0. The van der Waals surface area contributed by atoms with E-state index in [2.05, 4.69) is 10.6 Å². The predicted octanol–water partition coefficient (Wildman–Crippen LogP) is -0.894. The SMILES string of the molecule is CC(C)NC(=O)CNC(=O)NN.Cl. The highest BCUT2D eigenvalue weighted by Gasteiger charge is 2.03. The third-order valence-corrected chi connectivity index (χ3v) is 0.990. The fourth-order valence-electron chi connectivity index (χ4n) is 0.585. The van der Waals surface area contributed by atoms with Crippen LogP contribution in [0.2, 0.25) is 0 Å². The number of halogens is 1. The molecule has 0 spiro atoms. The number of rotatable bonds is 3. The molecule has 0 aromatic carbocycles. The minimum Gasteiger partial charge on any atom is -0.352 e. The molecule has 0 unspecified atom stereocenters. The number of nitrogens with one attached hydrogen (secondary N) is 3. The van der Waals surface area contributed by atoms with Crippen molar-refractivity contribution in [1.29, 1.82) is 0 Å². The van der Waals surface area contributed by atoms with Crippen molar-refractivity contribution in [3.63, 3.8) is 0 Å². The molecule has 7 heteroatoms. The second-order valence-corrected chi connectivity index (χ2v) is 2.55. The number of hydrazine groups is 1. The normalized spacial score (nSPS) is 8.62. The van der Waals surface area contributed by atoms with Gasteiger partial charge in [0, 0.05) is 6.04 Å². The molecule has 0 bridgehead atoms. The van der Waals surface area contributed by atoms with E-state index in [0.29, 0.717) is 0 Å². The van der Waals surface area contributed by atoms with Gasteiger partial charge in [0.25, 0.3) is 0 Å². The van der Waals surface area contributed by atoms with E-state index in [1.807, 2.05) is 19.3 Å². The minimum atomic E-state index is -0.575. The molecule has 0 radical (unpaired) electrons. The molecule has 0 aromatic rings. The van der Waals surface area contributed by atoms with Crippen LogP contribution in [0, 0.1) is 0 Å². The maximum atomic E-state index is 10.9. The standard InChI is InChI=1S/C6H14N4O2.ClH/c1-4(2)9-5(11)3-8-6(12)10-7;/h4H,3,7H2,1-2H3,(H,9,11)(H2,8,10,12);1H. The maximum Gasteiger partial charge on any atom is 0.329 e. The fraction of sp³-hybridized carbons (Fsp3) is 0.667. The molecule has 0 aliphatic carbocycles. The monoisotopic (exact) mass is 210 g/mol. The second kappa shape index (κ2) is 7.63. The molecule has 0 aliphatic heterocycles. The number of carbonyl (C=O) groups is 2. The van der Waals surface area contributed by atoms with Crippen molar-refractivity contribution in [3.8, 4) is 0 Å². The Morgan fingerprint density at radius 3 is 2.31 bits per heavy atom. The van der Waals surface area contributed by atoms with Crippen molar-refractivity contribution in [1.82, 2.24) is 16.1 Å². The van der Waals surface area contributed by atoms with Gasteiger partial charge in [-0.3, -0.25) is 10.2 Å². The quantitative estimate of drug-likeness (QED) is 0.276. The summed E-state index contributed by atoms with van der Waals surface area (Å²) >= 11 is 0. The van der Waals surface area contributed by atoms with Crippen LogP contribution >= 0.6 is 12.4 Å². The number of carbonyl (C=O) groups excluding carboxylic acids is 2. The Bertz CT molecular complexity index is 174. The molecule has 0 rings (SSSR count). The van der Waals surface area contributed by atoms with Crippen molar-refractivity contribution >= 4 is 24.3 Å². The molecule has 0 heterocycles. The Labute approximate surface area is 83.0 Å². The largest absolute Gasteiger partial charge is 0.352 e. The van der Waals surface area contributed by atoms with Gasteiger partial charge in [-0.15, -0.1) is 12.4 Å². The van der Waals surface area contributed by atoms with E-state index < -0.39 is 6.03 Å². The predicted molar refractivity (Wildman–Crippen MR) is 51.2 cm³/mol. The summed E-state index contributed by atoms with van der Waals surface area (Å²) in [5.41, 5.74) is 1.84. The average Bonchev–Trinajstić information content (AvgIpc) is 1.99. The number of nitrogens with two attached hydrogens (primary N) is 1. The van der Waals surface area contributed by atoms with Crippen LogP contribution in [0.25, 0.3) is 0 Å². The summed E-state index contributed by atoms with van der Waals surface area (Å²) in [4.78, 5) is 21.4. The van der Waals surface area contributed by atoms with E-state index in [9.17, 15) is 9.59 Å². The summed E-state index contributed by atoms with van der Waals surface area (Å²) in [6.07, 6.45) is 0. The van der Waals surface area contributed by atoms with Crippen LogP contribution < -0.4 is 21.9 Å². The molecule has 3 amide bonds. The van der Waals surface area contributed by atoms with E-state index in [-0.39, 0.29) is 30.9 Å². The molecule has 0 atom stereocenters. The molecule has 78 valence electrons. The Hall–Kier alpha value is -1.01. The van der Waals surface area contributed by atoms with Crippen molar-refractivity contribution in [2.45, 2.75) is 19.9 Å². The number of urea groups is 1. The maximum absolute atomic E-state index is 10.9. The van der Waals surface area contributed by atoms with Crippen LogP contribution in [0.3, 0.4) is 0 Å². The van der Waals surface area contributed by atoms with Gasteiger partial charge >= 0.3 is 6.03 Å². The van der Waals surface area contributed by atoms with Gasteiger partial charge in [0.15, 0.2) is 0 Å². The lowest BCUT2D eigenvalue weighted by Gasteiger charge is -2.08. The smallest absolute Gasteiger partial charge is 0.329 e. The molecular weight excluding hydrogens is 196 g/mol. The van der Waals surface area contributed by atoms with Crippen LogP contribution in [0.1, 0.15) is 13.8 Å². The van der Waals surface area contributed by atoms with E-state index >= 15 is 0 Å². The van der Waals surface area contributed by atoms with E-state index in [1.54, 1.807) is 0 Å². The first-order chi connectivity index (χ1) is 5.56. The molecule has 13 heavy (non-hydrogen) atoms. The van der Waals surface area contributed by atoms with Crippen molar-refractivity contribution in [3.05, 3.63) is 0 Å². The van der Waals surface area contributed by atoms with E-state index in [1.165, 1.54) is 0 Å². The molecule has 0 fully saturated rings. The van der Waals surface area contributed by atoms with Gasteiger partial charge in [-0.1, -0.05) is 0 Å². The molecular formula is C6H15ClN4O2. The lowest BCUT2D eigenvalue weighted by Crippen LogP contribution is -2.45. The topological polar surface area (TPSA) is 96.2 Å². The van der Waals surface area contributed by atoms with Crippen molar-refractivity contribution in [2.24, 2.45) is 5.84 Å². The van der Waals surface area contributed by atoms with Crippen LogP contribution in [-0.2, 0) is 4.79 Å². The highest BCUT2D eigenvalue weighted by molar-refractivity contribution is 5.85. The Kier molecular flexibility index (Phi) is 8.52. The highest BCUT2D eigenvalue weighted by Crippen LogP contribution is 1.75. The van der Waals surface area contributed by atoms with Gasteiger partial charge in [0.05, 0.1) is 6.54 Å². The van der Waals surface area contributed by atoms with Crippen LogP contribution in [-0.4, -0.2) is 24.5 Å². The first-order valence-corrected chi connectivity index (χ1v) is 3.60. The Morgan fingerprint density at radius 1 is 1.38 bits per heavy atom. The first-order valence-electron chi connectivity index (χ1n) is 3.60. The summed E-state index contributed by atoms with van der Waals surface area (Å²) in [6, 6.07) is -0.505. The third-order valence-electron chi connectivity index (χ3n) is 0.990. The zero-order valence-electron chi connectivity index (χ0n) is 7.59. The van der Waals surface area contributed by atoms with Crippen LogP contribution in [0.5, 0.6) is 0 Å². The zero-order chi connectivity index (χ0) is 9.56. The molecule has 0 aliphatic rings. The Morgan fingerprint density at radius 2 is 1.92 bits per heavy atom. The zero-order valence-corrected chi connectivity index (χ0v) is 8.40. The lowest BCUT2D eigenvalue weighted by atomic mass is 10.4. The van der Waals surface area contributed by atoms with Gasteiger partial charge in [-0.2, -0.15) is 0 Å². The highest BCUT2D eigenvalue weighted by atomic mass is 35.5. The third kappa shape index (κ3) is 8.90. The van der Waals surface area contributed by atoms with E-state index in [0.717, 1.165) is 0 Å². The van der Waals surface area contributed by atoms with Gasteiger partial charge in [-0.05, 0) is 13.8 Å². The van der Waals surface area contributed by atoms with E-state index in [4.69, 9.17) is 5.84 Å². The molecule has 0 aromatic heterocycles. The fourth-order valence-corrected chi connectivity index (χ4v) is 0.585. The Balaban J connectivity index is 0. The second-order valence-electron chi connectivity index (χ2n) is 2.55. The van der Waals surface area contributed by atoms with Gasteiger partial charge in [-0.25, -0.2) is 10.6 Å². The lowest BCUT2D eigenvalue weighted by molar-refractivity contribution is -0.120. The van der Waals surface area contributed by atoms with Gasteiger partial charge in [0.2, 0.25) is 5.91 Å². The average molecular weight is 211 g/mol. The number of hydrogen-bond acceptors (Lipinski definition) is 3. The number of hydrogen-bond donors (Lipinski definition) is 4. The van der Waals surface area contributed by atoms with Crippen molar-refractivity contribution in [2.75, 3.05) is 6.54 Å². The van der Waals surface area contributed by atoms with Gasteiger partial charge in [0.1, 0.15) is 0 Å². The number of amides is 3. The molecule has 6 nitrogen and oxygen atoms in total. The summed E-state index contributed by atoms with van der Waals surface area (Å²) in [6.45, 7) is 3.60. The van der Waals surface area contributed by atoms with Crippen LogP contribution in [0.15, 0.2) is 0 Å². The molecule has 0 saturated carbocycles. The molecule has 0 saturated heterocycles. The summed E-state index contributed by atoms with van der Waals surface area (Å²) < 4.78 is 0. The van der Waals surface area contributed by atoms with Gasteiger partial charge < -0.3 is 10.6 Å².